The Morgan fingerprint density at radius 3 is 2.43 bits per heavy atom. The van der Waals surface area contributed by atoms with Gasteiger partial charge in [-0.1, -0.05) is 0 Å². The smallest absolute Gasteiger partial charge is 0.257 e. The van der Waals surface area contributed by atoms with E-state index >= 15 is 0 Å². The molecule has 0 aromatic carbocycles. The fraction of sp³-hybridized carbons (Fsp3) is 0.647. The largest absolute Gasteiger partial charge is 0.466 e. The first-order valence-corrected chi connectivity index (χ1v) is 8.42. The number of piperidine rings is 1. The monoisotopic (exact) mass is 319 g/mol. The predicted octanol–water partition coefficient (Wildman–Crippen LogP) is 1.18. The third-order valence-electron chi connectivity index (χ3n) is 4.80. The average molecular weight is 319 g/mol. The van der Waals surface area contributed by atoms with E-state index in [1.165, 1.54) is 0 Å². The van der Waals surface area contributed by atoms with Crippen LogP contribution in [0.4, 0.5) is 0 Å². The molecule has 2 fully saturated rings. The van der Waals surface area contributed by atoms with Crippen LogP contribution in [0.2, 0.25) is 0 Å². The first-order chi connectivity index (χ1) is 11.1. The lowest BCUT2D eigenvalue weighted by molar-refractivity contribution is -0.137. The molecule has 0 aliphatic carbocycles. The molecule has 3 heterocycles. The van der Waals surface area contributed by atoms with Crippen LogP contribution < -0.4 is 5.32 Å². The van der Waals surface area contributed by atoms with Crippen molar-refractivity contribution in [3.05, 3.63) is 23.2 Å². The highest BCUT2D eigenvalue weighted by Gasteiger charge is 2.30. The molecule has 0 radical (unpaired) electrons. The molecule has 126 valence electrons. The van der Waals surface area contributed by atoms with Crippen molar-refractivity contribution in [2.24, 2.45) is 5.92 Å². The zero-order valence-electron chi connectivity index (χ0n) is 13.9. The van der Waals surface area contributed by atoms with Gasteiger partial charge in [-0.05, 0) is 39.3 Å². The van der Waals surface area contributed by atoms with Gasteiger partial charge in [0.2, 0.25) is 5.91 Å². The van der Waals surface area contributed by atoms with Gasteiger partial charge >= 0.3 is 0 Å². The Morgan fingerprint density at radius 2 is 1.87 bits per heavy atom. The number of aryl methyl sites for hydroxylation is 2. The van der Waals surface area contributed by atoms with Crippen molar-refractivity contribution < 1.29 is 14.0 Å². The Bertz CT molecular complexity index is 582. The van der Waals surface area contributed by atoms with Crippen molar-refractivity contribution in [1.82, 2.24) is 15.1 Å². The van der Waals surface area contributed by atoms with E-state index in [-0.39, 0.29) is 17.7 Å². The summed E-state index contributed by atoms with van der Waals surface area (Å²) in [5, 5.41) is 3.29. The van der Waals surface area contributed by atoms with E-state index in [4.69, 9.17) is 4.42 Å². The van der Waals surface area contributed by atoms with Crippen LogP contribution in [0.25, 0.3) is 0 Å². The number of furan rings is 1. The van der Waals surface area contributed by atoms with Crippen LogP contribution >= 0.6 is 0 Å². The normalized spacial score (nSPS) is 22.3. The number of nitrogens with zero attached hydrogens (tertiary/aromatic N) is 2. The highest BCUT2D eigenvalue weighted by molar-refractivity contribution is 5.95. The van der Waals surface area contributed by atoms with Crippen molar-refractivity contribution in [3.8, 4) is 0 Å². The molecule has 1 unspecified atom stereocenters. The van der Waals surface area contributed by atoms with Gasteiger partial charge < -0.3 is 19.5 Å². The van der Waals surface area contributed by atoms with Crippen LogP contribution in [0.3, 0.4) is 0 Å². The van der Waals surface area contributed by atoms with Crippen molar-refractivity contribution in [1.29, 1.82) is 0 Å². The van der Waals surface area contributed by atoms with E-state index in [0.29, 0.717) is 37.5 Å². The second-order valence-corrected chi connectivity index (χ2v) is 6.49. The molecule has 0 bridgehead atoms. The van der Waals surface area contributed by atoms with Gasteiger partial charge in [-0.3, -0.25) is 9.59 Å². The number of piperazine rings is 1. The molecule has 6 nitrogen and oxygen atoms in total. The van der Waals surface area contributed by atoms with Gasteiger partial charge in [0.25, 0.3) is 5.91 Å². The first kappa shape index (κ1) is 16.1. The average Bonchev–Trinajstić information content (AvgIpc) is 2.93. The lowest BCUT2D eigenvalue weighted by Crippen LogP contribution is -2.53. The SMILES string of the molecule is Cc1cc(C(=O)N2CCN(C(=O)C3CCCNC3)CC2)c(C)o1. The standard InChI is InChI=1S/C17H25N3O3/c1-12-10-15(13(2)23-12)17(22)20-8-6-19(7-9-20)16(21)14-4-3-5-18-11-14/h10,14,18H,3-9,11H2,1-2H3. The summed E-state index contributed by atoms with van der Waals surface area (Å²) in [6.45, 7) is 7.88. The minimum Gasteiger partial charge on any atom is -0.466 e. The van der Waals surface area contributed by atoms with Crippen molar-refractivity contribution in [3.63, 3.8) is 0 Å². The second kappa shape index (κ2) is 6.74. The Hall–Kier alpha value is -1.82. The summed E-state index contributed by atoms with van der Waals surface area (Å²) < 4.78 is 5.45. The number of amides is 2. The third-order valence-corrected chi connectivity index (χ3v) is 4.80. The molecule has 2 amide bonds. The molecule has 2 aliphatic heterocycles. The molecule has 23 heavy (non-hydrogen) atoms. The van der Waals surface area contributed by atoms with Gasteiger partial charge in [-0.2, -0.15) is 0 Å². The maximum absolute atomic E-state index is 12.6. The van der Waals surface area contributed by atoms with E-state index in [1.54, 1.807) is 6.07 Å². The molecule has 1 aromatic rings. The number of hydrogen-bond donors (Lipinski definition) is 1. The van der Waals surface area contributed by atoms with E-state index < -0.39 is 0 Å². The van der Waals surface area contributed by atoms with E-state index in [0.717, 1.165) is 31.7 Å². The van der Waals surface area contributed by atoms with Crippen LogP contribution in [-0.4, -0.2) is 60.9 Å². The highest BCUT2D eigenvalue weighted by atomic mass is 16.3. The maximum atomic E-state index is 12.6. The molecule has 3 rings (SSSR count). The molecule has 2 saturated heterocycles. The topological polar surface area (TPSA) is 65.8 Å². The Kier molecular flexibility index (Phi) is 4.71. The highest BCUT2D eigenvalue weighted by Crippen LogP contribution is 2.19. The van der Waals surface area contributed by atoms with Crippen molar-refractivity contribution >= 4 is 11.8 Å². The van der Waals surface area contributed by atoms with Crippen LogP contribution in [0, 0.1) is 19.8 Å². The predicted molar refractivity (Wildman–Crippen MR) is 86.3 cm³/mol. The fourth-order valence-electron chi connectivity index (χ4n) is 3.46. The van der Waals surface area contributed by atoms with Crippen LogP contribution in [0.15, 0.2) is 10.5 Å². The van der Waals surface area contributed by atoms with Crippen molar-refractivity contribution in [2.75, 3.05) is 39.3 Å². The number of rotatable bonds is 2. The van der Waals surface area contributed by atoms with E-state index in [9.17, 15) is 9.59 Å². The zero-order valence-corrected chi connectivity index (χ0v) is 13.9. The Labute approximate surface area is 136 Å². The van der Waals surface area contributed by atoms with Crippen LogP contribution in [-0.2, 0) is 4.79 Å². The van der Waals surface area contributed by atoms with E-state index in [2.05, 4.69) is 5.32 Å². The molecule has 0 saturated carbocycles. The van der Waals surface area contributed by atoms with E-state index in [1.807, 2.05) is 23.6 Å². The molecular weight excluding hydrogens is 294 g/mol. The molecule has 1 N–H and O–H groups in total. The van der Waals surface area contributed by atoms with Gasteiger partial charge in [-0.15, -0.1) is 0 Å². The minimum absolute atomic E-state index is 0.00535. The summed E-state index contributed by atoms with van der Waals surface area (Å²) in [6, 6.07) is 1.79. The molecule has 1 atom stereocenters. The van der Waals surface area contributed by atoms with Gasteiger partial charge in [0, 0.05) is 32.7 Å². The number of hydrogen-bond acceptors (Lipinski definition) is 4. The number of carbonyl (C=O) groups is 2. The quantitative estimate of drug-likeness (QED) is 0.889. The summed E-state index contributed by atoms with van der Waals surface area (Å²) in [6.07, 6.45) is 2.03. The molecule has 0 spiro atoms. The first-order valence-electron chi connectivity index (χ1n) is 8.42. The maximum Gasteiger partial charge on any atom is 0.257 e. The van der Waals surface area contributed by atoms with Gasteiger partial charge in [0.15, 0.2) is 0 Å². The van der Waals surface area contributed by atoms with Crippen LogP contribution in [0.5, 0.6) is 0 Å². The number of nitrogens with one attached hydrogen (secondary N) is 1. The van der Waals surface area contributed by atoms with Crippen LogP contribution in [0.1, 0.15) is 34.7 Å². The lowest BCUT2D eigenvalue weighted by Gasteiger charge is -2.37. The lowest BCUT2D eigenvalue weighted by atomic mass is 9.98. The summed E-state index contributed by atoms with van der Waals surface area (Å²) in [7, 11) is 0. The molecular formula is C17H25N3O3. The second-order valence-electron chi connectivity index (χ2n) is 6.49. The van der Waals surface area contributed by atoms with Gasteiger partial charge in [-0.25, -0.2) is 0 Å². The fourth-order valence-corrected chi connectivity index (χ4v) is 3.46. The Morgan fingerprint density at radius 1 is 1.17 bits per heavy atom. The minimum atomic E-state index is 0.00535. The molecule has 2 aliphatic rings. The summed E-state index contributed by atoms with van der Waals surface area (Å²) in [5.41, 5.74) is 0.638. The molecule has 1 aromatic heterocycles. The third kappa shape index (κ3) is 3.42. The zero-order chi connectivity index (χ0) is 16.4. The Balaban J connectivity index is 1.56. The van der Waals surface area contributed by atoms with Gasteiger partial charge in [0.1, 0.15) is 11.5 Å². The summed E-state index contributed by atoms with van der Waals surface area (Å²) in [4.78, 5) is 28.8. The van der Waals surface area contributed by atoms with Crippen molar-refractivity contribution in [2.45, 2.75) is 26.7 Å². The summed E-state index contributed by atoms with van der Waals surface area (Å²) >= 11 is 0. The summed E-state index contributed by atoms with van der Waals surface area (Å²) in [5.74, 6) is 1.76. The molecule has 6 heteroatoms. The number of carbonyl (C=O) groups excluding carboxylic acids is 2. The van der Waals surface area contributed by atoms with Gasteiger partial charge in [0.05, 0.1) is 11.5 Å².